The highest BCUT2D eigenvalue weighted by atomic mass is 19.1. The Labute approximate surface area is 105 Å². The molecule has 0 unspecified atom stereocenters. The Morgan fingerprint density at radius 2 is 1.61 bits per heavy atom. The molecule has 2 aromatic carbocycles. The van der Waals surface area contributed by atoms with E-state index in [1.165, 1.54) is 6.07 Å². The zero-order valence-corrected chi connectivity index (χ0v) is 9.81. The molecule has 0 spiro atoms. The summed E-state index contributed by atoms with van der Waals surface area (Å²) in [6.45, 7) is 0. The molecule has 0 atom stereocenters. The van der Waals surface area contributed by atoms with E-state index in [1.54, 1.807) is 12.3 Å². The van der Waals surface area contributed by atoms with Crippen LogP contribution in [0.25, 0.3) is 10.9 Å². The third kappa shape index (κ3) is 1.97. The summed E-state index contributed by atoms with van der Waals surface area (Å²) < 4.78 is 13.7. The van der Waals surface area contributed by atoms with Crippen molar-refractivity contribution in [2.45, 2.75) is 6.42 Å². The van der Waals surface area contributed by atoms with Gasteiger partial charge in [-0.3, -0.25) is 4.98 Å². The Morgan fingerprint density at radius 1 is 0.833 bits per heavy atom. The molecule has 0 N–H and O–H groups in total. The van der Waals surface area contributed by atoms with Gasteiger partial charge in [0.05, 0.1) is 5.52 Å². The quantitative estimate of drug-likeness (QED) is 0.657. The topological polar surface area (TPSA) is 12.9 Å². The average Bonchev–Trinajstić information content (AvgIpc) is 2.42. The molecule has 3 aromatic rings. The van der Waals surface area contributed by atoms with Gasteiger partial charge in [-0.1, -0.05) is 42.5 Å². The fourth-order valence-corrected chi connectivity index (χ4v) is 2.16. The highest BCUT2D eigenvalue weighted by molar-refractivity contribution is 5.81. The molecule has 1 aromatic heterocycles. The van der Waals surface area contributed by atoms with Gasteiger partial charge in [0, 0.05) is 18.0 Å². The van der Waals surface area contributed by atoms with Crippen molar-refractivity contribution < 1.29 is 4.39 Å². The zero-order valence-electron chi connectivity index (χ0n) is 9.81. The third-order valence-electron chi connectivity index (χ3n) is 3.06. The monoisotopic (exact) mass is 237 g/mol. The summed E-state index contributed by atoms with van der Waals surface area (Å²) in [7, 11) is 0. The normalized spacial score (nSPS) is 10.7. The number of hydrogen-bond donors (Lipinski definition) is 0. The Balaban J connectivity index is 2.08. The molecule has 88 valence electrons. The zero-order chi connectivity index (χ0) is 12.4. The second-order valence-electron chi connectivity index (χ2n) is 4.26. The smallest absolute Gasteiger partial charge is 0.126 e. The number of pyridine rings is 1. The lowest BCUT2D eigenvalue weighted by molar-refractivity contribution is 0.614. The average molecular weight is 237 g/mol. The maximum atomic E-state index is 13.7. The number of fused-ring (bicyclic) bond motifs is 1. The second-order valence-corrected chi connectivity index (χ2v) is 4.26. The van der Waals surface area contributed by atoms with Crippen LogP contribution in [0.1, 0.15) is 11.1 Å². The van der Waals surface area contributed by atoms with E-state index in [1.807, 2.05) is 42.5 Å². The Bertz CT molecular complexity index is 686. The number of nitrogens with zero attached hydrogens (tertiary/aromatic N) is 1. The number of para-hydroxylation sites is 1. The van der Waals surface area contributed by atoms with Crippen LogP contribution in [0.4, 0.5) is 4.39 Å². The Hall–Kier alpha value is -2.22. The van der Waals surface area contributed by atoms with E-state index in [0.29, 0.717) is 12.0 Å². The summed E-state index contributed by atoms with van der Waals surface area (Å²) in [6.07, 6.45) is 2.34. The number of aromatic nitrogens is 1. The van der Waals surface area contributed by atoms with Crippen molar-refractivity contribution in [2.75, 3.05) is 0 Å². The van der Waals surface area contributed by atoms with Crippen LogP contribution in [0.15, 0.2) is 60.8 Å². The molecule has 1 heterocycles. The first-order chi connectivity index (χ1) is 8.84. The standard InChI is InChI=1S/C16H12FN/c17-15-9-2-1-5-13(15)11-14-7-3-6-12-8-4-10-18-16(12)14/h1-10H,11H2. The van der Waals surface area contributed by atoms with Crippen molar-refractivity contribution in [1.29, 1.82) is 0 Å². The first-order valence-electron chi connectivity index (χ1n) is 5.90. The summed E-state index contributed by atoms with van der Waals surface area (Å²) in [5.41, 5.74) is 2.71. The summed E-state index contributed by atoms with van der Waals surface area (Å²) in [5, 5.41) is 1.09. The van der Waals surface area contributed by atoms with E-state index in [4.69, 9.17) is 0 Å². The SMILES string of the molecule is Fc1ccccc1Cc1cccc2cccnc12. The molecule has 18 heavy (non-hydrogen) atoms. The number of halogens is 1. The maximum absolute atomic E-state index is 13.7. The lowest BCUT2D eigenvalue weighted by Crippen LogP contribution is -1.94. The van der Waals surface area contributed by atoms with Crippen LogP contribution in [-0.2, 0) is 6.42 Å². The molecule has 0 bridgehead atoms. The molecule has 0 aliphatic carbocycles. The van der Waals surface area contributed by atoms with Crippen molar-refractivity contribution in [2.24, 2.45) is 0 Å². The van der Waals surface area contributed by atoms with Crippen molar-refractivity contribution in [1.82, 2.24) is 4.98 Å². The van der Waals surface area contributed by atoms with Gasteiger partial charge in [-0.15, -0.1) is 0 Å². The number of rotatable bonds is 2. The summed E-state index contributed by atoms with van der Waals surface area (Å²) in [4.78, 5) is 4.38. The summed E-state index contributed by atoms with van der Waals surface area (Å²) in [5.74, 6) is -0.162. The van der Waals surface area contributed by atoms with E-state index in [9.17, 15) is 4.39 Å². The second kappa shape index (κ2) is 4.57. The summed E-state index contributed by atoms with van der Waals surface area (Å²) in [6, 6.07) is 16.8. The third-order valence-corrected chi connectivity index (χ3v) is 3.06. The molecule has 0 aliphatic rings. The Morgan fingerprint density at radius 3 is 2.50 bits per heavy atom. The minimum atomic E-state index is -0.162. The van der Waals surface area contributed by atoms with Crippen molar-refractivity contribution in [3.05, 3.63) is 77.7 Å². The highest BCUT2D eigenvalue weighted by Gasteiger charge is 2.06. The minimum absolute atomic E-state index is 0.162. The van der Waals surface area contributed by atoms with Crippen LogP contribution in [0.5, 0.6) is 0 Å². The van der Waals surface area contributed by atoms with Gasteiger partial charge < -0.3 is 0 Å². The van der Waals surface area contributed by atoms with Crippen LogP contribution in [0.3, 0.4) is 0 Å². The maximum Gasteiger partial charge on any atom is 0.126 e. The largest absolute Gasteiger partial charge is 0.256 e. The van der Waals surface area contributed by atoms with E-state index < -0.39 is 0 Å². The molecular formula is C16H12FN. The van der Waals surface area contributed by atoms with Crippen molar-refractivity contribution in [3.63, 3.8) is 0 Å². The van der Waals surface area contributed by atoms with Gasteiger partial charge in [0.2, 0.25) is 0 Å². The predicted molar refractivity (Wildman–Crippen MR) is 70.9 cm³/mol. The van der Waals surface area contributed by atoms with Gasteiger partial charge >= 0.3 is 0 Å². The fraction of sp³-hybridized carbons (Fsp3) is 0.0625. The van der Waals surface area contributed by atoms with Crippen LogP contribution >= 0.6 is 0 Å². The minimum Gasteiger partial charge on any atom is -0.256 e. The van der Waals surface area contributed by atoms with Crippen LogP contribution in [-0.4, -0.2) is 4.98 Å². The van der Waals surface area contributed by atoms with Gasteiger partial charge in [-0.2, -0.15) is 0 Å². The van der Waals surface area contributed by atoms with Crippen LogP contribution < -0.4 is 0 Å². The molecule has 0 aliphatic heterocycles. The van der Waals surface area contributed by atoms with Gasteiger partial charge in [-0.25, -0.2) is 4.39 Å². The van der Waals surface area contributed by atoms with Crippen molar-refractivity contribution in [3.8, 4) is 0 Å². The van der Waals surface area contributed by atoms with Gasteiger partial charge in [-0.05, 0) is 23.3 Å². The lowest BCUT2D eigenvalue weighted by atomic mass is 10.0. The van der Waals surface area contributed by atoms with E-state index >= 15 is 0 Å². The van der Waals surface area contributed by atoms with Gasteiger partial charge in [0.15, 0.2) is 0 Å². The molecule has 0 fully saturated rings. The van der Waals surface area contributed by atoms with E-state index in [2.05, 4.69) is 4.98 Å². The summed E-state index contributed by atoms with van der Waals surface area (Å²) >= 11 is 0. The number of hydrogen-bond acceptors (Lipinski definition) is 1. The van der Waals surface area contributed by atoms with Gasteiger partial charge in [0.25, 0.3) is 0 Å². The Kier molecular flexibility index (Phi) is 2.77. The van der Waals surface area contributed by atoms with E-state index in [0.717, 1.165) is 16.5 Å². The van der Waals surface area contributed by atoms with Crippen LogP contribution in [0.2, 0.25) is 0 Å². The molecule has 0 amide bonds. The van der Waals surface area contributed by atoms with Gasteiger partial charge in [0.1, 0.15) is 5.82 Å². The molecular weight excluding hydrogens is 225 g/mol. The first kappa shape index (κ1) is 10.9. The van der Waals surface area contributed by atoms with E-state index in [-0.39, 0.29) is 5.82 Å². The first-order valence-corrected chi connectivity index (χ1v) is 5.90. The molecule has 3 rings (SSSR count). The van der Waals surface area contributed by atoms with Crippen LogP contribution in [0, 0.1) is 5.82 Å². The fourth-order valence-electron chi connectivity index (χ4n) is 2.16. The lowest BCUT2D eigenvalue weighted by Gasteiger charge is -2.06. The molecule has 2 heteroatoms. The van der Waals surface area contributed by atoms with Crippen molar-refractivity contribution >= 4 is 10.9 Å². The molecule has 0 radical (unpaired) electrons. The predicted octanol–water partition coefficient (Wildman–Crippen LogP) is 3.96. The molecule has 0 saturated heterocycles. The molecule has 1 nitrogen and oxygen atoms in total. The number of benzene rings is 2. The molecule has 0 saturated carbocycles. The highest BCUT2D eigenvalue weighted by Crippen LogP contribution is 2.20.